The average molecular weight is 276 g/mol. The Morgan fingerprint density at radius 2 is 2.18 bits per heavy atom. The highest BCUT2D eigenvalue weighted by atomic mass is 35.5. The second-order valence-electron chi connectivity index (χ2n) is 4.12. The Hall–Kier alpha value is -0.680. The second kappa shape index (κ2) is 6.91. The third kappa shape index (κ3) is 3.64. The van der Waals surface area contributed by atoms with Gasteiger partial charge in [-0.05, 0) is 23.9 Å². The van der Waals surface area contributed by atoms with Crippen LogP contribution in [0.15, 0.2) is 0 Å². The minimum Gasteiger partial charge on any atom is -0.337 e. The molecular formula is C11H18ClN3OS. The van der Waals surface area contributed by atoms with E-state index in [4.69, 9.17) is 11.6 Å². The van der Waals surface area contributed by atoms with E-state index in [1.165, 1.54) is 11.5 Å². The van der Waals surface area contributed by atoms with E-state index in [1.54, 1.807) is 4.90 Å². The lowest BCUT2D eigenvalue weighted by atomic mass is 10.1. The van der Waals surface area contributed by atoms with E-state index < -0.39 is 0 Å². The first-order chi connectivity index (χ1) is 8.11. The summed E-state index contributed by atoms with van der Waals surface area (Å²) >= 11 is 6.89. The summed E-state index contributed by atoms with van der Waals surface area (Å²) in [5.41, 5.74) is 0.788. The monoisotopic (exact) mass is 275 g/mol. The van der Waals surface area contributed by atoms with Gasteiger partial charge in [-0.2, -0.15) is 0 Å². The van der Waals surface area contributed by atoms with Gasteiger partial charge in [0.2, 0.25) is 0 Å². The van der Waals surface area contributed by atoms with E-state index in [9.17, 15) is 4.79 Å². The molecule has 4 nitrogen and oxygen atoms in total. The van der Waals surface area contributed by atoms with Crippen molar-refractivity contribution in [3.8, 4) is 0 Å². The molecule has 0 saturated heterocycles. The van der Waals surface area contributed by atoms with Crippen molar-refractivity contribution < 1.29 is 4.79 Å². The molecule has 0 aliphatic heterocycles. The van der Waals surface area contributed by atoms with Crippen LogP contribution < -0.4 is 0 Å². The molecule has 0 bridgehead atoms. The van der Waals surface area contributed by atoms with Crippen LogP contribution in [0.4, 0.5) is 0 Å². The molecule has 17 heavy (non-hydrogen) atoms. The first-order valence-electron chi connectivity index (χ1n) is 5.79. The predicted molar refractivity (Wildman–Crippen MR) is 70.9 cm³/mol. The third-order valence-corrected chi connectivity index (χ3v) is 3.29. The summed E-state index contributed by atoms with van der Waals surface area (Å²) in [6.07, 6.45) is 0.922. The van der Waals surface area contributed by atoms with Gasteiger partial charge in [-0.3, -0.25) is 4.79 Å². The summed E-state index contributed by atoms with van der Waals surface area (Å²) < 4.78 is 3.88. The standard InChI is InChI=1S/C11H18ClN3OS/c1-4-6-15(7-5-12)11(16)10-9(8(2)3)13-14-17-10/h8H,4-7H2,1-3H3. The Morgan fingerprint density at radius 3 is 2.71 bits per heavy atom. The van der Waals surface area contributed by atoms with Gasteiger partial charge in [0.1, 0.15) is 4.88 Å². The van der Waals surface area contributed by atoms with Gasteiger partial charge in [0.05, 0.1) is 5.69 Å². The van der Waals surface area contributed by atoms with Gasteiger partial charge in [0.15, 0.2) is 0 Å². The minimum absolute atomic E-state index is 0.00574. The lowest BCUT2D eigenvalue weighted by Crippen LogP contribution is -2.33. The van der Waals surface area contributed by atoms with Crippen molar-refractivity contribution in [3.05, 3.63) is 10.6 Å². The Kier molecular flexibility index (Phi) is 5.85. The van der Waals surface area contributed by atoms with Gasteiger partial charge in [-0.25, -0.2) is 0 Å². The van der Waals surface area contributed by atoms with Crippen molar-refractivity contribution in [2.24, 2.45) is 0 Å². The number of halogens is 1. The maximum absolute atomic E-state index is 12.3. The number of hydrogen-bond donors (Lipinski definition) is 0. The number of hydrogen-bond acceptors (Lipinski definition) is 4. The molecule has 0 unspecified atom stereocenters. The Labute approximate surface area is 111 Å². The summed E-state index contributed by atoms with van der Waals surface area (Å²) in [6.45, 7) is 7.37. The fraction of sp³-hybridized carbons (Fsp3) is 0.727. The summed E-state index contributed by atoms with van der Waals surface area (Å²) in [7, 11) is 0. The smallest absolute Gasteiger partial charge is 0.267 e. The molecule has 1 aromatic heterocycles. The summed E-state index contributed by atoms with van der Waals surface area (Å²) in [6, 6.07) is 0. The van der Waals surface area contributed by atoms with Gasteiger partial charge in [0.25, 0.3) is 5.91 Å². The molecule has 0 fully saturated rings. The predicted octanol–water partition coefficient (Wildman–Crippen LogP) is 2.75. The molecule has 0 spiro atoms. The zero-order chi connectivity index (χ0) is 12.8. The normalized spacial score (nSPS) is 10.9. The fourth-order valence-electron chi connectivity index (χ4n) is 1.55. The number of rotatable bonds is 6. The van der Waals surface area contributed by atoms with Crippen molar-refractivity contribution in [2.75, 3.05) is 19.0 Å². The molecule has 1 rings (SSSR count). The first-order valence-corrected chi connectivity index (χ1v) is 7.10. The lowest BCUT2D eigenvalue weighted by molar-refractivity contribution is 0.0768. The van der Waals surface area contributed by atoms with Crippen LogP contribution in [0.3, 0.4) is 0 Å². The quantitative estimate of drug-likeness (QED) is 0.750. The molecule has 6 heteroatoms. The molecule has 0 atom stereocenters. The molecule has 1 amide bonds. The van der Waals surface area contributed by atoms with Gasteiger partial charge in [0, 0.05) is 19.0 Å². The van der Waals surface area contributed by atoms with Crippen molar-refractivity contribution >= 4 is 29.0 Å². The maximum atomic E-state index is 12.3. The zero-order valence-electron chi connectivity index (χ0n) is 10.4. The van der Waals surface area contributed by atoms with Crippen LogP contribution >= 0.6 is 23.1 Å². The SMILES string of the molecule is CCCN(CCCl)C(=O)c1snnc1C(C)C. The Balaban J connectivity index is 2.88. The van der Waals surface area contributed by atoms with Gasteiger partial charge >= 0.3 is 0 Å². The number of amides is 1. The largest absolute Gasteiger partial charge is 0.337 e. The van der Waals surface area contributed by atoms with Gasteiger partial charge in [-0.1, -0.05) is 25.3 Å². The van der Waals surface area contributed by atoms with Crippen LogP contribution in [0.5, 0.6) is 0 Å². The molecule has 0 aliphatic carbocycles. The highest BCUT2D eigenvalue weighted by molar-refractivity contribution is 7.08. The maximum Gasteiger partial charge on any atom is 0.267 e. The topological polar surface area (TPSA) is 46.1 Å². The highest BCUT2D eigenvalue weighted by Crippen LogP contribution is 2.21. The zero-order valence-corrected chi connectivity index (χ0v) is 12.0. The number of aromatic nitrogens is 2. The van der Waals surface area contributed by atoms with Crippen LogP contribution in [0.25, 0.3) is 0 Å². The van der Waals surface area contributed by atoms with Crippen LogP contribution in [0.1, 0.15) is 48.5 Å². The van der Waals surface area contributed by atoms with E-state index in [2.05, 4.69) is 9.59 Å². The van der Waals surface area contributed by atoms with Gasteiger partial charge in [-0.15, -0.1) is 16.7 Å². The third-order valence-electron chi connectivity index (χ3n) is 2.39. The highest BCUT2D eigenvalue weighted by Gasteiger charge is 2.22. The molecule has 0 aromatic carbocycles. The van der Waals surface area contributed by atoms with E-state index >= 15 is 0 Å². The number of carbonyl (C=O) groups is 1. The second-order valence-corrected chi connectivity index (χ2v) is 5.26. The number of carbonyl (C=O) groups excluding carboxylic acids is 1. The number of nitrogens with zero attached hydrogens (tertiary/aromatic N) is 3. The van der Waals surface area contributed by atoms with E-state index in [0.717, 1.165) is 18.7 Å². The minimum atomic E-state index is 0.00574. The molecule has 0 N–H and O–H groups in total. The van der Waals surface area contributed by atoms with Crippen molar-refractivity contribution in [1.82, 2.24) is 14.5 Å². The Bertz CT molecular complexity index is 361. The van der Waals surface area contributed by atoms with Crippen LogP contribution in [-0.4, -0.2) is 39.4 Å². The van der Waals surface area contributed by atoms with Crippen LogP contribution in [0, 0.1) is 0 Å². The van der Waals surface area contributed by atoms with Crippen LogP contribution in [-0.2, 0) is 0 Å². The molecule has 1 aromatic rings. The number of alkyl halides is 1. The van der Waals surface area contributed by atoms with Gasteiger partial charge < -0.3 is 4.90 Å². The lowest BCUT2D eigenvalue weighted by Gasteiger charge is -2.20. The van der Waals surface area contributed by atoms with E-state index in [1.807, 2.05) is 20.8 Å². The summed E-state index contributed by atoms with van der Waals surface area (Å²) in [5.74, 6) is 0.674. The average Bonchev–Trinajstić information content (AvgIpc) is 2.76. The van der Waals surface area contributed by atoms with Crippen molar-refractivity contribution in [3.63, 3.8) is 0 Å². The van der Waals surface area contributed by atoms with Crippen molar-refractivity contribution in [2.45, 2.75) is 33.1 Å². The Morgan fingerprint density at radius 1 is 1.47 bits per heavy atom. The first kappa shape index (κ1) is 14.4. The fourth-order valence-corrected chi connectivity index (χ4v) is 2.55. The van der Waals surface area contributed by atoms with E-state index in [-0.39, 0.29) is 11.8 Å². The van der Waals surface area contributed by atoms with Crippen LogP contribution in [0.2, 0.25) is 0 Å². The molecule has 96 valence electrons. The van der Waals surface area contributed by atoms with E-state index in [0.29, 0.717) is 17.3 Å². The molecule has 0 radical (unpaired) electrons. The summed E-state index contributed by atoms with van der Waals surface area (Å²) in [5, 5.41) is 4.03. The molecular weight excluding hydrogens is 258 g/mol. The summed E-state index contributed by atoms with van der Waals surface area (Å²) in [4.78, 5) is 14.7. The van der Waals surface area contributed by atoms with Crippen molar-refractivity contribution in [1.29, 1.82) is 0 Å². The molecule has 1 heterocycles. The molecule has 0 saturated carbocycles. The molecule has 0 aliphatic rings.